The molecule has 80 valence electrons. The molecule has 1 aromatic carbocycles. The largest absolute Gasteiger partial charge is 0.241 e. The Balaban J connectivity index is 2.39. The van der Waals surface area contributed by atoms with Gasteiger partial charge in [-0.15, -0.1) is 11.3 Å². The number of nitrogens with zero attached hydrogens (tertiary/aromatic N) is 2. The lowest BCUT2D eigenvalue weighted by Crippen LogP contribution is -1.86. The second kappa shape index (κ2) is 4.46. The number of hydrogen-bond donors (Lipinski definition) is 0. The number of nitriles is 1. The van der Waals surface area contributed by atoms with Gasteiger partial charge in [0.15, 0.2) is 0 Å². The minimum absolute atomic E-state index is 0.456. The summed E-state index contributed by atoms with van der Waals surface area (Å²) in [5, 5.41) is 12.0. The van der Waals surface area contributed by atoms with Crippen molar-refractivity contribution in [3.63, 3.8) is 0 Å². The van der Waals surface area contributed by atoms with Crippen LogP contribution in [0, 0.1) is 11.3 Å². The molecule has 0 saturated heterocycles. The fourth-order valence-corrected chi connectivity index (χ4v) is 2.28. The Morgan fingerprint density at radius 1 is 1.38 bits per heavy atom. The lowest BCUT2D eigenvalue weighted by Gasteiger charge is -1.98. The average Bonchev–Trinajstić information content (AvgIpc) is 2.78. The summed E-state index contributed by atoms with van der Waals surface area (Å²) >= 11 is 1.67. The first-order valence-corrected chi connectivity index (χ1v) is 6.04. The van der Waals surface area contributed by atoms with Gasteiger partial charge in [0.2, 0.25) is 0 Å². The van der Waals surface area contributed by atoms with Gasteiger partial charge < -0.3 is 0 Å². The number of benzene rings is 1. The van der Waals surface area contributed by atoms with Gasteiger partial charge in [-0.3, -0.25) is 0 Å². The molecule has 0 atom stereocenters. The van der Waals surface area contributed by atoms with Crippen LogP contribution in [-0.2, 0) is 0 Å². The number of hydrogen-bond acceptors (Lipinski definition) is 3. The van der Waals surface area contributed by atoms with Gasteiger partial charge in [-0.25, -0.2) is 4.98 Å². The molecule has 2 rings (SSSR count). The van der Waals surface area contributed by atoms with E-state index in [0.29, 0.717) is 11.5 Å². The highest BCUT2D eigenvalue weighted by molar-refractivity contribution is 7.10. The van der Waals surface area contributed by atoms with Crippen molar-refractivity contribution >= 4 is 11.3 Å². The molecule has 0 unspecified atom stereocenters. The standard InChI is InChI=1S/C13H12N2S/c1-9(2)13-15-12(8-16-13)11-5-3-4-10(6-11)7-14/h3-6,8-9H,1-2H3. The SMILES string of the molecule is CC(C)c1nc(-c2cccc(C#N)c2)cs1. The van der Waals surface area contributed by atoms with Gasteiger partial charge in [-0.1, -0.05) is 26.0 Å². The molecule has 0 radical (unpaired) electrons. The summed E-state index contributed by atoms with van der Waals surface area (Å²) in [6.07, 6.45) is 0. The minimum Gasteiger partial charge on any atom is -0.241 e. The van der Waals surface area contributed by atoms with E-state index in [2.05, 4.69) is 24.9 Å². The van der Waals surface area contributed by atoms with Crippen molar-refractivity contribution in [3.8, 4) is 17.3 Å². The first-order valence-electron chi connectivity index (χ1n) is 5.16. The maximum atomic E-state index is 8.83. The quantitative estimate of drug-likeness (QED) is 0.783. The molecule has 1 heterocycles. The molecular formula is C13H12N2S. The normalized spacial score (nSPS) is 10.4. The molecule has 0 spiro atoms. The number of aromatic nitrogens is 1. The predicted octanol–water partition coefficient (Wildman–Crippen LogP) is 3.81. The molecule has 0 aliphatic carbocycles. The Morgan fingerprint density at radius 3 is 2.81 bits per heavy atom. The fourth-order valence-electron chi connectivity index (χ4n) is 1.43. The molecule has 3 heteroatoms. The first-order chi connectivity index (χ1) is 7.70. The third-order valence-corrected chi connectivity index (χ3v) is 3.45. The van der Waals surface area contributed by atoms with Crippen molar-refractivity contribution in [2.75, 3.05) is 0 Å². The maximum Gasteiger partial charge on any atom is 0.0991 e. The zero-order chi connectivity index (χ0) is 11.5. The van der Waals surface area contributed by atoms with Crippen LogP contribution in [0.1, 0.15) is 30.3 Å². The Bertz CT molecular complexity index is 535. The highest BCUT2D eigenvalue weighted by Crippen LogP contribution is 2.26. The zero-order valence-electron chi connectivity index (χ0n) is 9.27. The van der Waals surface area contributed by atoms with Crippen molar-refractivity contribution in [2.45, 2.75) is 19.8 Å². The van der Waals surface area contributed by atoms with E-state index < -0.39 is 0 Å². The van der Waals surface area contributed by atoms with Crippen LogP contribution in [0.25, 0.3) is 11.3 Å². The van der Waals surface area contributed by atoms with E-state index in [9.17, 15) is 0 Å². The van der Waals surface area contributed by atoms with Gasteiger partial charge in [-0.2, -0.15) is 5.26 Å². The molecule has 0 aliphatic heterocycles. The molecule has 0 aliphatic rings. The molecular weight excluding hydrogens is 216 g/mol. The minimum atomic E-state index is 0.456. The van der Waals surface area contributed by atoms with Gasteiger partial charge in [0.05, 0.1) is 22.3 Å². The zero-order valence-corrected chi connectivity index (χ0v) is 10.1. The van der Waals surface area contributed by atoms with Crippen LogP contribution in [0.5, 0.6) is 0 Å². The Morgan fingerprint density at radius 2 is 2.19 bits per heavy atom. The van der Waals surface area contributed by atoms with Crippen molar-refractivity contribution in [3.05, 3.63) is 40.2 Å². The van der Waals surface area contributed by atoms with Crippen molar-refractivity contribution < 1.29 is 0 Å². The monoisotopic (exact) mass is 228 g/mol. The van der Waals surface area contributed by atoms with Gasteiger partial charge in [0.25, 0.3) is 0 Å². The van der Waals surface area contributed by atoms with Crippen LogP contribution in [0.15, 0.2) is 29.6 Å². The van der Waals surface area contributed by atoms with Gasteiger partial charge in [0, 0.05) is 16.9 Å². The highest BCUT2D eigenvalue weighted by atomic mass is 32.1. The van der Waals surface area contributed by atoms with E-state index in [1.54, 1.807) is 17.4 Å². The summed E-state index contributed by atoms with van der Waals surface area (Å²) in [5.74, 6) is 0.456. The van der Waals surface area contributed by atoms with E-state index in [4.69, 9.17) is 5.26 Å². The van der Waals surface area contributed by atoms with Crippen molar-refractivity contribution in [1.29, 1.82) is 5.26 Å². The molecule has 2 nitrogen and oxygen atoms in total. The molecule has 0 fully saturated rings. The third-order valence-electron chi connectivity index (χ3n) is 2.30. The van der Waals surface area contributed by atoms with E-state index in [-0.39, 0.29) is 0 Å². The van der Waals surface area contributed by atoms with Crippen molar-refractivity contribution in [2.24, 2.45) is 0 Å². The van der Waals surface area contributed by atoms with Crippen LogP contribution in [0.2, 0.25) is 0 Å². The van der Waals surface area contributed by atoms with E-state index in [1.807, 2.05) is 23.6 Å². The van der Waals surface area contributed by atoms with Crippen LogP contribution in [-0.4, -0.2) is 4.98 Å². The molecule has 0 saturated carbocycles. The van der Waals surface area contributed by atoms with Crippen LogP contribution >= 0.6 is 11.3 Å². The molecule has 1 aromatic heterocycles. The molecule has 16 heavy (non-hydrogen) atoms. The predicted molar refractivity (Wildman–Crippen MR) is 66.4 cm³/mol. The maximum absolute atomic E-state index is 8.83. The lowest BCUT2D eigenvalue weighted by atomic mass is 10.1. The highest BCUT2D eigenvalue weighted by Gasteiger charge is 2.07. The summed E-state index contributed by atoms with van der Waals surface area (Å²) in [7, 11) is 0. The lowest BCUT2D eigenvalue weighted by molar-refractivity contribution is 0.853. The summed E-state index contributed by atoms with van der Waals surface area (Å²) < 4.78 is 0. The third kappa shape index (κ3) is 2.12. The van der Waals surface area contributed by atoms with E-state index in [1.165, 1.54) is 0 Å². The smallest absolute Gasteiger partial charge is 0.0991 e. The fraction of sp³-hybridized carbons (Fsp3) is 0.231. The number of rotatable bonds is 2. The summed E-state index contributed by atoms with van der Waals surface area (Å²) in [6.45, 7) is 4.27. The Kier molecular flexibility index (Phi) is 3.02. The molecule has 0 N–H and O–H groups in total. The molecule has 0 amide bonds. The Labute approximate surface area is 99.2 Å². The van der Waals surface area contributed by atoms with Crippen LogP contribution in [0.4, 0.5) is 0 Å². The number of thiazole rings is 1. The molecule has 2 aromatic rings. The van der Waals surface area contributed by atoms with E-state index >= 15 is 0 Å². The van der Waals surface area contributed by atoms with Gasteiger partial charge in [-0.05, 0) is 12.1 Å². The topological polar surface area (TPSA) is 36.7 Å². The Hall–Kier alpha value is -1.66. The van der Waals surface area contributed by atoms with Crippen molar-refractivity contribution in [1.82, 2.24) is 4.98 Å². The average molecular weight is 228 g/mol. The summed E-state index contributed by atoms with van der Waals surface area (Å²) in [6, 6.07) is 9.70. The van der Waals surface area contributed by atoms with Gasteiger partial charge in [0.1, 0.15) is 0 Å². The van der Waals surface area contributed by atoms with E-state index in [0.717, 1.165) is 16.3 Å². The van der Waals surface area contributed by atoms with Crippen LogP contribution in [0.3, 0.4) is 0 Å². The summed E-state index contributed by atoms with van der Waals surface area (Å²) in [4.78, 5) is 4.56. The second-order valence-electron chi connectivity index (χ2n) is 3.92. The molecule has 0 bridgehead atoms. The first kappa shape index (κ1) is 10.8. The second-order valence-corrected chi connectivity index (χ2v) is 4.81. The van der Waals surface area contributed by atoms with Gasteiger partial charge >= 0.3 is 0 Å². The summed E-state index contributed by atoms with van der Waals surface area (Å²) in [5.41, 5.74) is 2.66. The van der Waals surface area contributed by atoms with Crippen LogP contribution < -0.4 is 0 Å².